The number of nitrogens with two attached hydrogens (primary N) is 1. The molecule has 7 N–H and O–H groups in total. The van der Waals surface area contributed by atoms with Crippen LogP contribution >= 0.6 is 34.7 Å². The van der Waals surface area contributed by atoms with E-state index >= 15 is 0 Å². The second-order valence-electron chi connectivity index (χ2n) is 9.11. The summed E-state index contributed by atoms with van der Waals surface area (Å²) in [5.41, 5.74) is 6.36. The molecule has 1 saturated heterocycles. The van der Waals surface area contributed by atoms with E-state index in [1.807, 2.05) is 36.1 Å². The summed E-state index contributed by atoms with van der Waals surface area (Å²) in [6.07, 6.45) is 2.23. The zero-order valence-corrected chi connectivity index (χ0v) is 24.8. The molecule has 3 atom stereocenters. The molecule has 0 aromatic carbocycles. The molecule has 0 aliphatic carbocycles. The van der Waals surface area contributed by atoms with Crippen molar-refractivity contribution in [1.82, 2.24) is 20.5 Å². The number of β-lactam (4-membered cyclic amide) rings is 1. The minimum atomic E-state index is -1.40. The van der Waals surface area contributed by atoms with Crippen LogP contribution in [0.3, 0.4) is 0 Å². The van der Waals surface area contributed by atoms with Gasteiger partial charge in [0.25, 0.3) is 11.8 Å². The number of nitrogen functional groups attached to an aromatic ring is 1. The molecule has 2 aromatic rings. The fourth-order valence-electron chi connectivity index (χ4n) is 4.08. The maximum atomic E-state index is 13.2. The van der Waals surface area contributed by atoms with Crippen LogP contribution in [0.1, 0.15) is 12.6 Å². The first-order chi connectivity index (χ1) is 20.0. The van der Waals surface area contributed by atoms with Gasteiger partial charge in [-0.3, -0.25) is 14.5 Å². The number of aromatic nitrogens is 2. The molecule has 1 fully saturated rings. The van der Waals surface area contributed by atoms with Crippen LogP contribution in [0.25, 0.3) is 0 Å². The van der Waals surface area contributed by atoms with Crippen molar-refractivity contribution in [3.63, 3.8) is 0 Å². The fraction of sp³-hybridized carbons (Fsp3) is 0.375. The number of carbonyl (C=O) groups is 4. The number of thiazole rings is 1. The van der Waals surface area contributed by atoms with Gasteiger partial charge < -0.3 is 36.7 Å². The van der Waals surface area contributed by atoms with Crippen LogP contribution in [0.5, 0.6) is 0 Å². The maximum Gasteiger partial charge on any atom is 0.352 e. The highest BCUT2D eigenvalue weighted by atomic mass is 35.5. The molecule has 0 spiro atoms. The van der Waals surface area contributed by atoms with Gasteiger partial charge in [0.1, 0.15) is 27.1 Å². The van der Waals surface area contributed by atoms with E-state index in [2.05, 4.69) is 26.1 Å². The van der Waals surface area contributed by atoms with E-state index in [4.69, 9.17) is 27.3 Å². The molecule has 0 unspecified atom stereocenters. The first-order valence-corrected chi connectivity index (χ1v) is 14.7. The number of anilines is 2. The van der Waals surface area contributed by atoms with Gasteiger partial charge in [0.05, 0.1) is 0 Å². The Morgan fingerprint density at radius 1 is 1.31 bits per heavy atom. The lowest BCUT2D eigenvalue weighted by molar-refractivity contribution is -0.688. The number of oxime groups is 1. The Morgan fingerprint density at radius 2 is 2.02 bits per heavy atom. The number of amides is 2. The highest BCUT2D eigenvalue weighted by Gasteiger charge is 2.55. The predicted molar refractivity (Wildman–Crippen MR) is 155 cm³/mol. The van der Waals surface area contributed by atoms with Crippen molar-refractivity contribution in [2.75, 3.05) is 36.9 Å². The number of hydrogen-bond donors (Lipinski definition) is 6. The third kappa shape index (κ3) is 6.75. The van der Waals surface area contributed by atoms with E-state index in [1.54, 1.807) is 0 Å². The summed E-state index contributed by atoms with van der Waals surface area (Å²) >= 11 is 8.30. The molecule has 2 aromatic heterocycles. The Kier molecular flexibility index (Phi) is 9.87. The first-order valence-electron chi connectivity index (χ1n) is 12.5. The third-order valence-electron chi connectivity index (χ3n) is 6.20. The summed E-state index contributed by atoms with van der Waals surface area (Å²) in [6.45, 7) is 3.00. The van der Waals surface area contributed by atoms with Gasteiger partial charge in [0.2, 0.25) is 6.10 Å². The zero-order chi connectivity index (χ0) is 30.6. The van der Waals surface area contributed by atoms with Crippen molar-refractivity contribution in [3.05, 3.63) is 45.8 Å². The minimum absolute atomic E-state index is 0.00148. The first kappa shape index (κ1) is 31.0. The number of carboxylic acid groups (broad SMARTS) is 2. The SMILES string of the molecule is CNCCNc1cc[n+](CC2=C(C(=O)O)N3C(=O)[C@@H](NC(=O)/C(=N/O[C@H](C)C(=O)O)c4nc(N)sc4Cl)[C@H]3SC2)cc1. The van der Waals surface area contributed by atoms with Crippen LogP contribution in [0.2, 0.25) is 4.34 Å². The van der Waals surface area contributed by atoms with E-state index < -0.39 is 47.0 Å². The van der Waals surface area contributed by atoms with Crippen LogP contribution in [0.4, 0.5) is 10.8 Å². The quantitative estimate of drug-likeness (QED) is 0.0559. The van der Waals surface area contributed by atoms with Gasteiger partial charge in [0, 0.05) is 42.2 Å². The second kappa shape index (κ2) is 13.4. The van der Waals surface area contributed by atoms with Crippen molar-refractivity contribution >= 4 is 75.0 Å². The number of hydrogen-bond acceptors (Lipinski definition) is 12. The summed E-state index contributed by atoms with van der Waals surface area (Å²) in [5.74, 6) is -3.85. The number of carbonyl (C=O) groups excluding carboxylic acids is 2. The van der Waals surface area contributed by atoms with Gasteiger partial charge in [-0.2, -0.15) is 0 Å². The van der Waals surface area contributed by atoms with Crippen LogP contribution in [0.15, 0.2) is 41.0 Å². The van der Waals surface area contributed by atoms with Crippen molar-refractivity contribution < 1.29 is 38.8 Å². The number of carboxylic acids is 2. The molecule has 4 rings (SSSR count). The molecule has 42 heavy (non-hydrogen) atoms. The minimum Gasteiger partial charge on any atom is -0.478 e. The number of nitrogens with zero attached hydrogens (tertiary/aromatic N) is 4. The predicted octanol–water partition coefficient (Wildman–Crippen LogP) is -0.0699. The molecule has 2 amide bonds. The summed E-state index contributed by atoms with van der Waals surface area (Å²) < 4.78 is 1.82. The van der Waals surface area contributed by atoms with Crippen molar-refractivity contribution in [2.24, 2.45) is 5.16 Å². The van der Waals surface area contributed by atoms with E-state index in [-0.39, 0.29) is 27.4 Å². The molecule has 2 aliphatic heterocycles. The van der Waals surface area contributed by atoms with E-state index in [1.165, 1.54) is 18.7 Å². The number of halogens is 1. The number of thioether (sulfide) groups is 1. The molecule has 15 nitrogen and oxygen atoms in total. The molecule has 0 radical (unpaired) electrons. The van der Waals surface area contributed by atoms with E-state index in [9.17, 15) is 24.3 Å². The van der Waals surface area contributed by atoms with Gasteiger partial charge in [-0.1, -0.05) is 28.1 Å². The Hall–Kier alpha value is -3.93. The van der Waals surface area contributed by atoms with Crippen molar-refractivity contribution in [2.45, 2.75) is 31.0 Å². The van der Waals surface area contributed by atoms with Crippen LogP contribution in [-0.2, 0) is 30.6 Å². The van der Waals surface area contributed by atoms with E-state index in [0.717, 1.165) is 35.0 Å². The summed E-state index contributed by atoms with van der Waals surface area (Å²) in [4.78, 5) is 59.8. The Labute approximate surface area is 252 Å². The fourth-order valence-corrected chi connectivity index (χ4v) is 6.34. The molecule has 0 saturated carbocycles. The monoisotopic (exact) mass is 639 g/mol. The molecule has 224 valence electrons. The summed E-state index contributed by atoms with van der Waals surface area (Å²) in [7, 11) is 1.86. The largest absolute Gasteiger partial charge is 0.478 e. The highest BCUT2D eigenvalue weighted by molar-refractivity contribution is 8.00. The number of likely N-dealkylation sites (N-methyl/N-ethyl adjacent to an activating group) is 1. The summed E-state index contributed by atoms with van der Waals surface area (Å²) in [5, 5.41) is 30.9. The zero-order valence-electron chi connectivity index (χ0n) is 22.4. The molecule has 4 heterocycles. The number of fused-ring (bicyclic) bond motifs is 1. The van der Waals surface area contributed by atoms with Gasteiger partial charge in [-0.15, -0.1) is 11.8 Å². The average molecular weight is 640 g/mol. The Balaban J connectivity index is 1.50. The van der Waals surface area contributed by atoms with E-state index in [0.29, 0.717) is 11.3 Å². The molecule has 18 heteroatoms. The highest BCUT2D eigenvalue weighted by Crippen LogP contribution is 2.40. The number of aliphatic carboxylic acids is 2. The standard InChI is InChI=1S/C24H27ClN8O7S2/c1-11(22(36)37)40-31-15(14-18(25)42-24(26)30-14)19(34)29-16-20(35)33-17(23(38)39)12(10-41-21(16)33)9-32-7-3-13(4-8-32)28-6-5-27-2/h3-4,7-8,11,16,21,27H,5-6,9-10H2,1-2H3,(H5,26,29,30,34,36,37,38,39)/p+1/b31-15+/t11-,16-,21-/m1/s1. The lowest BCUT2D eigenvalue weighted by atomic mass is 10.0. The second-order valence-corrected chi connectivity index (χ2v) is 11.8. The van der Waals surface area contributed by atoms with Gasteiger partial charge >= 0.3 is 11.9 Å². The number of nitrogens with one attached hydrogen (secondary N) is 3. The maximum absolute atomic E-state index is 13.2. The van der Waals surface area contributed by atoms with Gasteiger partial charge in [-0.25, -0.2) is 19.1 Å². The lowest BCUT2D eigenvalue weighted by Crippen LogP contribution is -2.71. The molecular weight excluding hydrogens is 612 g/mol. The lowest BCUT2D eigenvalue weighted by Gasteiger charge is -2.49. The Bertz CT molecular complexity index is 1450. The number of pyridine rings is 1. The van der Waals surface area contributed by atoms with Gasteiger partial charge in [0.15, 0.2) is 29.8 Å². The molecule has 0 bridgehead atoms. The van der Waals surface area contributed by atoms with Gasteiger partial charge in [-0.05, 0) is 14.0 Å². The average Bonchev–Trinajstić information content (AvgIpc) is 3.29. The van der Waals surface area contributed by atoms with Crippen LogP contribution in [0, 0.1) is 0 Å². The summed E-state index contributed by atoms with van der Waals surface area (Å²) in [6, 6.07) is 2.65. The molecule has 2 aliphatic rings. The molecular formula is C24H28ClN8O7S2+. The Morgan fingerprint density at radius 3 is 2.62 bits per heavy atom. The number of rotatable bonds is 13. The smallest absolute Gasteiger partial charge is 0.352 e. The van der Waals surface area contributed by atoms with Crippen molar-refractivity contribution in [3.8, 4) is 0 Å². The van der Waals surface area contributed by atoms with Crippen LogP contribution in [-0.4, -0.2) is 93.0 Å². The van der Waals surface area contributed by atoms with Crippen molar-refractivity contribution in [1.29, 1.82) is 0 Å². The van der Waals surface area contributed by atoms with Crippen LogP contribution < -0.4 is 26.3 Å². The third-order valence-corrected chi connectivity index (χ3v) is 8.62. The topological polar surface area (TPSA) is 212 Å². The normalized spacial score (nSPS) is 19.1.